The number of benzene rings is 1. The molecule has 3 rings (SSSR count). The first-order valence-corrected chi connectivity index (χ1v) is 8.94. The summed E-state index contributed by atoms with van der Waals surface area (Å²) in [5.41, 5.74) is 2.90. The summed E-state index contributed by atoms with van der Waals surface area (Å²) in [5, 5.41) is 10.8. The number of methoxy groups -OCH3 is 1. The third-order valence-corrected chi connectivity index (χ3v) is 5.34. The Morgan fingerprint density at radius 3 is 2.64 bits per heavy atom. The number of hydrogen-bond donors (Lipinski definition) is 0. The lowest BCUT2D eigenvalue weighted by Gasteiger charge is -2.05. The third-order valence-electron chi connectivity index (χ3n) is 3.20. The zero-order valence-corrected chi connectivity index (χ0v) is 14.4. The van der Waals surface area contributed by atoms with Gasteiger partial charge >= 0.3 is 0 Å². The molecule has 0 unspecified atom stereocenters. The first-order chi connectivity index (χ1) is 10.7. The smallest absolute Gasteiger partial charge is 0.146 e. The maximum absolute atomic E-state index is 5.21. The molecule has 0 spiro atoms. The largest absolute Gasteiger partial charge is 0.497 e. The molecule has 0 amide bonds. The Morgan fingerprint density at radius 2 is 1.95 bits per heavy atom. The number of fused-ring (bicyclic) bond motifs is 1. The minimum absolute atomic E-state index is 0.837. The molecule has 0 saturated carbocycles. The second-order valence-electron chi connectivity index (χ2n) is 4.84. The summed E-state index contributed by atoms with van der Waals surface area (Å²) in [5.74, 6) is 1.87. The molecule has 22 heavy (non-hydrogen) atoms. The average Bonchev–Trinajstić information content (AvgIpc) is 2.94. The van der Waals surface area contributed by atoms with Crippen LogP contribution in [0.2, 0.25) is 0 Å². The number of rotatable bonds is 5. The molecule has 0 bridgehead atoms. The van der Waals surface area contributed by atoms with Crippen molar-refractivity contribution in [2.45, 2.75) is 25.3 Å². The highest BCUT2D eigenvalue weighted by molar-refractivity contribution is 7.99. The lowest BCUT2D eigenvalue weighted by molar-refractivity contribution is 0.415. The molecular formula is C16H17N3OS2. The van der Waals surface area contributed by atoms with Gasteiger partial charge in [0.15, 0.2) is 0 Å². The van der Waals surface area contributed by atoms with Crippen molar-refractivity contribution >= 4 is 33.3 Å². The highest BCUT2D eigenvalue weighted by atomic mass is 32.2. The molecule has 0 atom stereocenters. The second-order valence-corrected chi connectivity index (χ2v) is 7.13. The highest BCUT2D eigenvalue weighted by Gasteiger charge is 2.15. The van der Waals surface area contributed by atoms with E-state index in [2.05, 4.69) is 22.1 Å². The molecule has 114 valence electrons. The maximum Gasteiger partial charge on any atom is 0.146 e. The molecule has 1 aromatic carbocycles. The number of nitrogens with zero attached hydrogens (tertiary/aromatic N) is 3. The standard InChI is InChI=1S/C16H17N3OS2/c1-4-9-21-16-14-15(22-10(2)17-14)13(18-19-16)11-5-7-12(20-3)8-6-11/h5-8H,4,9H2,1-3H3. The summed E-state index contributed by atoms with van der Waals surface area (Å²) >= 11 is 3.40. The van der Waals surface area contributed by atoms with Gasteiger partial charge in [0.25, 0.3) is 0 Å². The van der Waals surface area contributed by atoms with Crippen LogP contribution < -0.4 is 4.74 Å². The fourth-order valence-corrected chi connectivity index (χ4v) is 3.93. The topological polar surface area (TPSA) is 47.9 Å². The van der Waals surface area contributed by atoms with Gasteiger partial charge in [-0.15, -0.1) is 33.3 Å². The van der Waals surface area contributed by atoms with Gasteiger partial charge in [0.1, 0.15) is 22.0 Å². The summed E-state index contributed by atoms with van der Waals surface area (Å²) in [6.07, 6.45) is 1.11. The van der Waals surface area contributed by atoms with Crippen molar-refractivity contribution in [1.82, 2.24) is 15.2 Å². The predicted octanol–water partition coefficient (Wildman–Crippen LogP) is 4.57. The van der Waals surface area contributed by atoms with E-state index in [9.17, 15) is 0 Å². The second kappa shape index (κ2) is 6.62. The van der Waals surface area contributed by atoms with Crippen LogP contribution in [0.25, 0.3) is 21.5 Å². The van der Waals surface area contributed by atoms with Gasteiger partial charge in [0.2, 0.25) is 0 Å². The van der Waals surface area contributed by atoms with E-state index < -0.39 is 0 Å². The predicted molar refractivity (Wildman–Crippen MR) is 93.0 cm³/mol. The lowest BCUT2D eigenvalue weighted by atomic mass is 10.1. The van der Waals surface area contributed by atoms with Crippen LogP contribution in [0.15, 0.2) is 29.3 Å². The normalized spacial score (nSPS) is 11.0. The van der Waals surface area contributed by atoms with Crippen LogP contribution in [-0.2, 0) is 0 Å². The SMILES string of the molecule is CCCSc1nnc(-c2ccc(OC)cc2)c2sc(C)nc12. The molecule has 6 heteroatoms. The molecule has 0 aliphatic heterocycles. The fourth-order valence-electron chi connectivity index (χ4n) is 2.15. The monoisotopic (exact) mass is 331 g/mol. The number of hydrogen-bond acceptors (Lipinski definition) is 6. The van der Waals surface area contributed by atoms with Crippen molar-refractivity contribution in [2.75, 3.05) is 12.9 Å². The van der Waals surface area contributed by atoms with E-state index in [1.165, 1.54) is 0 Å². The minimum atomic E-state index is 0.837. The number of thiazole rings is 1. The average molecular weight is 331 g/mol. The van der Waals surface area contributed by atoms with Crippen LogP contribution in [0.3, 0.4) is 0 Å². The van der Waals surface area contributed by atoms with Crippen LogP contribution in [0.5, 0.6) is 5.75 Å². The number of aryl methyl sites for hydroxylation is 1. The molecule has 3 aromatic rings. The van der Waals surface area contributed by atoms with Gasteiger partial charge in [-0.3, -0.25) is 0 Å². The minimum Gasteiger partial charge on any atom is -0.497 e. The summed E-state index contributed by atoms with van der Waals surface area (Å²) in [6, 6.07) is 7.90. The lowest BCUT2D eigenvalue weighted by Crippen LogP contribution is -1.93. The summed E-state index contributed by atoms with van der Waals surface area (Å²) in [7, 11) is 1.67. The van der Waals surface area contributed by atoms with Gasteiger partial charge in [0.05, 0.1) is 16.8 Å². The van der Waals surface area contributed by atoms with Crippen molar-refractivity contribution in [1.29, 1.82) is 0 Å². The molecule has 2 heterocycles. The van der Waals surface area contributed by atoms with Crippen LogP contribution in [0.1, 0.15) is 18.4 Å². The zero-order chi connectivity index (χ0) is 15.5. The fraction of sp³-hybridized carbons (Fsp3) is 0.312. The number of aromatic nitrogens is 3. The van der Waals surface area contributed by atoms with Crippen molar-refractivity contribution in [3.8, 4) is 17.0 Å². The Morgan fingerprint density at radius 1 is 1.18 bits per heavy atom. The molecule has 0 aliphatic rings. The molecule has 2 aromatic heterocycles. The van der Waals surface area contributed by atoms with E-state index in [4.69, 9.17) is 4.74 Å². The van der Waals surface area contributed by atoms with Gasteiger partial charge in [-0.05, 0) is 43.4 Å². The van der Waals surface area contributed by atoms with Gasteiger partial charge < -0.3 is 4.74 Å². The molecular weight excluding hydrogens is 314 g/mol. The number of ether oxygens (including phenoxy) is 1. The van der Waals surface area contributed by atoms with E-state index in [1.54, 1.807) is 30.2 Å². The molecule has 0 radical (unpaired) electrons. The number of thioether (sulfide) groups is 1. The van der Waals surface area contributed by atoms with Crippen molar-refractivity contribution < 1.29 is 4.74 Å². The summed E-state index contributed by atoms with van der Waals surface area (Å²) in [4.78, 5) is 4.66. The van der Waals surface area contributed by atoms with E-state index in [1.807, 2.05) is 31.2 Å². The van der Waals surface area contributed by atoms with Gasteiger partial charge in [-0.1, -0.05) is 6.92 Å². The van der Waals surface area contributed by atoms with Crippen molar-refractivity contribution in [2.24, 2.45) is 0 Å². The third kappa shape index (κ3) is 2.94. The molecule has 0 fully saturated rings. The molecule has 0 saturated heterocycles. The Bertz CT molecular complexity index is 784. The van der Waals surface area contributed by atoms with Gasteiger partial charge in [0, 0.05) is 5.56 Å². The van der Waals surface area contributed by atoms with Gasteiger partial charge in [-0.25, -0.2) is 4.98 Å². The van der Waals surface area contributed by atoms with Crippen LogP contribution in [0, 0.1) is 6.92 Å². The van der Waals surface area contributed by atoms with Crippen molar-refractivity contribution in [3.63, 3.8) is 0 Å². The first kappa shape index (κ1) is 15.2. The Hall–Kier alpha value is -1.66. The Balaban J connectivity index is 2.09. The molecule has 0 N–H and O–H groups in total. The Labute approximate surface area is 137 Å². The Kier molecular flexibility index (Phi) is 4.59. The maximum atomic E-state index is 5.21. The molecule has 0 aliphatic carbocycles. The van der Waals surface area contributed by atoms with Crippen LogP contribution in [-0.4, -0.2) is 28.0 Å². The summed E-state index contributed by atoms with van der Waals surface area (Å²) in [6.45, 7) is 4.19. The van der Waals surface area contributed by atoms with E-state index in [0.29, 0.717) is 0 Å². The van der Waals surface area contributed by atoms with Gasteiger partial charge in [-0.2, -0.15) is 0 Å². The van der Waals surface area contributed by atoms with Crippen LogP contribution >= 0.6 is 23.1 Å². The van der Waals surface area contributed by atoms with E-state index >= 15 is 0 Å². The van der Waals surface area contributed by atoms with Crippen LogP contribution in [0.4, 0.5) is 0 Å². The quantitative estimate of drug-likeness (QED) is 0.641. The molecule has 4 nitrogen and oxygen atoms in total. The highest BCUT2D eigenvalue weighted by Crippen LogP contribution is 2.35. The van der Waals surface area contributed by atoms with E-state index in [-0.39, 0.29) is 0 Å². The van der Waals surface area contributed by atoms with E-state index in [0.717, 1.165) is 49.4 Å². The summed E-state index contributed by atoms with van der Waals surface area (Å²) < 4.78 is 6.32. The van der Waals surface area contributed by atoms with Crippen molar-refractivity contribution in [3.05, 3.63) is 29.3 Å². The first-order valence-electron chi connectivity index (χ1n) is 7.14. The zero-order valence-electron chi connectivity index (χ0n) is 12.8.